The van der Waals surface area contributed by atoms with Gasteiger partial charge in [-0.3, -0.25) is 0 Å². The summed E-state index contributed by atoms with van der Waals surface area (Å²) in [5.41, 5.74) is 6.12. The first-order valence-corrected chi connectivity index (χ1v) is 6.59. The van der Waals surface area contributed by atoms with E-state index in [0.29, 0.717) is 0 Å². The molecule has 1 aliphatic rings. The summed E-state index contributed by atoms with van der Waals surface area (Å²) in [6, 6.07) is 4.29. The van der Waals surface area contributed by atoms with Crippen molar-refractivity contribution in [3.63, 3.8) is 0 Å². The summed E-state index contributed by atoms with van der Waals surface area (Å²) in [5, 5.41) is 5.79. The van der Waals surface area contributed by atoms with Crippen molar-refractivity contribution in [2.45, 2.75) is 38.3 Å². The number of thiophene rings is 1. The summed E-state index contributed by atoms with van der Waals surface area (Å²) in [6.07, 6.45) is 3.78. The van der Waals surface area contributed by atoms with Gasteiger partial charge in [-0.1, -0.05) is 13.0 Å². The SMILES string of the molecule is CC1CCC(CN)(NCc2cccs2)C1. The fraction of sp³-hybridized carbons (Fsp3) is 0.667. The van der Waals surface area contributed by atoms with E-state index in [1.807, 2.05) is 11.3 Å². The third kappa shape index (κ3) is 2.60. The van der Waals surface area contributed by atoms with E-state index in [1.54, 1.807) is 0 Å². The lowest BCUT2D eigenvalue weighted by atomic mass is 9.96. The highest BCUT2D eigenvalue weighted by Gasteiger charge is 2.35. The van der Waals surface area contributed by atoms with Gasteiger partial charge in [0.2, 0.25) is 0 Å². The van der Waals surface area contributed by atoms with Crippen LogP contribution in [0.2, 0.25) is 0 Å². The van der Waals surface area contributed by atoms with Crippen LogP contribution in [-0.2, 0) is 6.54 Å². The van der Waals surface area contributed by atoms with Crippen LogP contribution in [0.5, 0.6) is 0 Å². The maximum atomic E-state index is 5.91. The third-order valence-corrected chi connectivity index (χ3v) is 4.34. The van der Waals surface area contributed by atoms with Gasteiger partial charge in [0.1, 0.15) is 0 Å². The molecular weight excluding hydrogens is 204 g/mol. The van der Waals surface area contributed by atoms with Crippen LogP contribution in [0, 0.1) is 5.92 Å². The molecule has 1 aliphatic carbocycles. The number of hydrogen-bond acceptors (Lipinski definition) is 3. The maximum absolute atomic E-state index is 5.91. The van der Waals surface area contributed by atoms with E-state index in [-0.39, 0.29) is 5.54 Å². The van der Waals surface area contributed by atoms with Crippen molar-refractivity contribution in [2.24, 2.45) is 11.7 Å². The minimum atomic E-state index is 0.212. The number of nitrogens with two attached hydrogens (primary N) is 1. The van der Waals surface area contributed by atoms with Crippen LogP contribution in [0.15, 0.2) is 17.5 Å². The number of hydrogen-bond donors (Lipinski definition) is 2. The Morgan fingerprint density at radius 2 is 2.53 bits per heavy atom. The zero-order chi connectivity index (χ0) is 10.7. The standard InChI is InChI=1S/C12H20N2S/c1-10-4-5-12(7-10,9-13)14-8-11-3-2-6-15-11/h2-3,6,10,14H,4-5,7-9,13H2,1H3. The van der Waals surface area contributed by atoms with Crippen LogP contribution < -0.4 is 11.1 Å². The van der Waals surface area contributed by atoms with Gasteiger partial charge >= 0.3 is 0 Å². The Kier molecular flexibility index (Phi) is 3.44. The topological polar surface area (TPSA) is 38.0 Å². The van der Waals surface area contributed by atoms with Crippen LogP contribution in [0.25, 0.3) is 0 Å². The van der Waals surface area contributed by atoms with E-state index in [0.717, 1.165) is 19.0 Å². The average molecular weight is 224 g/mol. The fourth-order valence-electron chi connectivity index (χ4n) is 2.50. The Morgan fingerprint density at radius 1 is 1.67 bits per heavy atom. The maximum Gasteiger partial charge on any atom is 0.0310 e. The Bertz CT molecular complexity index is 297. The molecule has 0 aliphatic heterocycles. The molecule has 2 unspecified atom stereocenters. The molecular formula is C12H20N2S. The van der Waals surface area contributed by atoms with Crippen molar-refractivity contribution in [3.8, 4) is 0 Å². The monoisotopic (exact) mass is 224 g/mol. The van der Waals surface area contributed by atoms with Crippen molar-refractivity contribution >= 4 is 11.3 Å². The molecule has 3 heteroatoms. The molecule has 2 nitrogen and oxygen atoms in total. The molecule has 15 heavy (non-hydrogen) atoms. The van der Waals surface area contributed by atoms with Gasteiger partial charge in [-0.05, 0) is 36.6 Å². The lowest BCUT2D eigenvalue weighted by molar-refractivity contribution is 0.330. The molecule has 0 aromatic carbocycles. The van der Waals surface area contributed by atoms with E-state index in [4.69, 9.17) is 5.73 Å². The molecule has 3 N–H and O–H groups in total. The molecule has 0 radical (unpaired) electrons. The predicted octanol–water partition coefficient (Wildman–Crippen LogP) is 2.36. The second-order valence-electron chi connectivity index (χ2n) is 4.77. The van der Waals surface area contributed by atoms with Gasteiger partial charge in [0, 0.05) is 23.5 Å². The number of nitrogens with one attached hydrogen (secondary N) is 1. The van der Waals surface area contributed by atoms with Gasteiger partial charge in [0.15, 0.2) is 0 Å². The van der Waals surface area contributed by atoms with Gasteiger partial charge in [-0.15, -0.1) is 11.3 Å². The van der Waals surface area contributed by atoms with Crippen molar-refractivity contribution in [1.82, 2.24) is 5.32 Å². The van der Waals surface area contributed by atoms with Crippen molar-refractivity contribution in [3.05, 3.63) is 22.4 Å². The molecule has 0 bridgehead atoms. The van der Waals surface area contributed by atoms with E-state index in [1.165, 1.54) is 24.1 Å². The first-order valence-electron chi connectivity index (χ1n) is 5.72. The van der Waals surface area contributed by atoms with Crippen molar-refractivity contribution in [1.29, 1.82) is 0 Å². The molecule has 0 spiro atoms. The van der Waals surface area contributed by atoms with Crippen LogP contribution in [0.4, 0.5) is 0 Å². The minimum Gasteiger partial charge on any atom is -0.329 e. The van der Waals surface area contributed by atoms with E-state index < -0.39 is 0 Å². The zero-order valence-electron chi connectivity index (χ0n) is 9.33. The molecule has 0 saturated heterocycles. The summed E-state index contributed by atoms with van der Waals surface area (Å²) < 4.78 is 0. The van der Waals surface area contributed by atoms with Crippen LogP contribution >= 0.6 is 11.3 Å². The molecule has 2 rings (SSSR count). The van der Waals surface area contributed by atoms with Crippen molar-refractivity contribution < 1.29 is 0 Å². The van der Waals surface area contributed by atoms with Gasteiger partial charge in [0.05, 0.1) is 0 Å². The third-order valence-electron chi connectivity index (χ3n) is 3.46. The molecule has 84 valence electrons. The van der Waals surface area contributed by atoms with Gasteiger partial charge in [0.25, 0.3) is 0 Å². The Balaban J connectivity index is 1.91. The molecule has 1 saturated carbocycles. The summed E-state index contributed by atoms with van der Waals surface area (Å²) in [7, 11) is 0. The quantitative estimate of drug-likeness (QED) is 0.824. The Labute approximate surface area is 95.9 Å². The second kappa shape index (κ2) is 4.64. The average Bonchev–Trinajstić information content (AvgIpc) is 2.85. The van der Waals surface area contributed by atoms with Crippen LogP contribution in [-0.4, -0.2) is 12.1 Å². The predicted molar refractivity (Wildman–Crippen MR) is 66.0 cm³/mol. The molecule has 1 aromatic heterocycles. The highest BCUT2D eigenvalue weighted by Crippen LogP contribution is 2.33. The fourth-order valence-corrected chi connectivity index (χ4v) is 3.14. The summed E-state index contributed by atoms with van der Waals surface area (Å²) in [6.45, 7) is 4.06. The molecule has 0 amide bonds. The number of rotatable bonds is 4. The highest BCUT2D eigenvalue weighted by atomic mass is 32.1. The van der Waals surface area contributed by atoms with Gasteiger partial charge in [-0.25, -0.2) is 0 Å². The van der Waals surface area contributed by atoms with E-state index in [2.05, 4.69) is 29.8 Å². The Hall–Kier alpha value is -0.380. The first-order chi connectivity index (χ1) is 7.24. The lowest BCUT2D eigenvalue weighted by Crippen LogP contribution is -2.48. The zero-order valence-corrected chi connectivity index (χ0v) is 10.1. The molecule has 1 aromatic rings. The normalized spacial score (nSPS) is 30.9. The smallest absolute Gasteiger partial charge is 0.0310 e. The minimum absolute atomic E-state index is 0.212. The summed E-state index contributed by atoms with van der Waals surface area (Å²) in [4.78, 5) is 1.40. The van der Waals surface area contributed by atoms with Crippen LogP contribution in [0.1, 0.15) is 31.1 Å². The second-order valence-corrected chi connectivity index (χ2v) is 5.80. The highest BCUT2D eigenvalue weighted by molar-refractivity contribution is 7.09. The largest absolute Gasteiger partial charge is 0.329 e. The first kappa shape index (κ1) is 11.1. The summed E-state index contributed by atoms with van der Waals surface area (Å²) >= 11 is 1.81. The molecule has 1 fully saturated rings. The van der Waals surface area contributed by atoms with Gasteiger partial charge < -0.3 is 11.1 Å². The van der Waals surface area contributed by atoms with E-state index in [9.17, 15) is 0 Å². The van der Waals surface area contributed by atoms with Gasteiger partial charge in [-0.2, -0.15) is 0 Å². The Morgan fingerprint density at radius 3 is 3.07 bits per heavy atom. The van der Waals surface area contributed by atoms with Crippen molar-refractivity contribution in [2.75, 3.05) is 6.54 Å². The molecule has 2 atom stereocenters. The van der Waals surface area contributed by atoms with E-state index >= 15 is 0 Å². The van der Waals surface area contributed by atoms with Crippen LogP contribution in [0.3, 0.4) is 0 Å². The summed E-state index contributed by atoms with van der Waals surface area (Å²) in [5.74, 6) is 0.824. The molecule has 1 heterocycles. The lowest BCUT2D eigenvalue weighted by Gasteiger charge is -2.29.